The summed E-state index contributed by atoms with van der Waals surface area (Å²) in [6, 6.07) is 4.78. The molecule has 17 heavy (non-hydrogen) atoms. The van der Waals surface area contributed by atoms with Gasteiger partial charge in [0.1, 0.15) is 0 Å². The van der Waals surface area contributed by atoms with Gasteiger partial charge in [0.2, 0.25) is 0 Å². The lowest BCUT2D eigenvalue weighted by atomic mass is 9.96. The largest absolute Gasteiger partial charge is 0.479 e. The van der Waals surface area contributed by atoms with Crippen LogP contribution in [0.5, 0.6) is 0 Å². The van der Waals surface area contributed by atoms with Crippen LogP contribution in [0.4, 0.5) is 0 Å². The van der Waals surface area contributed by atoms with Crippen molar-refractivity contribution in [2.24, 2.45) is 0 Å². The highest BCUT2D eigenvalue weighted by atomic mass is 79.9. The Morgan fingerprint density at radius 2 is 2.06 bits per heavy atom. The molecule has 2 N–H and O–H groups in total. The molecule has 0 aromatic heterocycles. The minimum Gasteiger partial charge on any atom is -0.479 e. The van der Waals surface area contributed by atoms with Gasteiger partial charge in [0.15, 0.2) is 11.9 Å². The van der Waals surface area contributed by atoms with Crippen LogP contribution in [-0.2, 0) is 10.1 Å². The molecule has 1 aromatic rings. The lowest BCUT2D eigenvalue weighted by Crippen LogP contribution is -2.15. The van der Waals surface area contributed by atoms with Crippen LogP contribution in [0.1, 0.15) is 40.9 Å². The molecular weight excluding hydrogens is 288 g/mol. The third-order valence-electron chi connectivity index (χ3n) is 2.42. The highest BCUT2D eigenvalue weighted by Crippen LogP contribution is 2.22. The predicted molar refractivity (Wildman–Crippen MR) is 66.3 cm³/mol. The molecule has 0 saturated carbocycles. The molecule has 4 nitrogen and oxygen atoms in total. The second kappa shape index (κ2) is 5.93. The normalized spacial score (nSPS) is 12.2. The van der Waals surface area contributed by atoms with E-state index in [9.17, 15) is 14.7 Å². The van der Waals surface area contributed by atoms with E-state index >= 15 is 0 Å². The maximum absolute atomic E-state index is 11.7. The number of aliphatic hydroxyl groups is 1. The van der Waals surface area contributed by atoms with E-state index < -0.39 is 12.1 Å². The van der Waals surface area contributed by atoms with E-state index in [0.717, 1.165) is 5.56 Å². The van der Waals surface area contributed by atoms with Gasteiger partial charge in [-0.3, -0.25) is 4.79 Å². The number of aliphatic hydroxyl groups excluding tert-OH is 1. The summed E-state index contributed by atoms with van der Waals surface area (Å²) in [5.41, 5.74) is 1.29. The minimum atomic E-state index is -1.66. The van der Waals surface area contributed by atoms with Gasteiger partial charge >= 0.3 is 5.97 Å². The molecule has 0 amide bonds. The monoisotopic (exact) mass is 300 g/mol. The molecule has 1 atom stereocenters. The molecule has 0 saturated heterocycles. The summed E-state index contributed by atoms with van der Waals surface area (Å²) in [6.45, 7) is 1.69. The van der Waals surface area contributed by atoms with Crippen molar-refractivity contribution in [1.29, 1.82) is 0 Å². The number of benzene rings is 1. The summed E-state index contributed by atoms with van der Waals surface area (Å²) in [5, 5.41) is 18.9. The molecular formula is C12H13BrO4. The molecule has 0 radical (unpaired) electrons. The fraction of sp³-hybridized carbons (Fsp3) is 0.333. The first-order valence-electron chi connectivity index (χ1n) is 5.14. The van der Waals surface area contributed by atoms with Crippen molar-refractivity contribution in [3.63, 3.8) is 0 Å². The molecule has 0 spiro atoms. The predicted octanol–water partition coefficient (Wildman–Crippen LogP) is 2.29. The number of hydrogen-bond donors (Lipinski definition) is 2. The van der Waals surface area contributed by atoms with Gasteiger partial charge in [0, 0.05) is 22.9 Å². The Balaban J connectivity index is 3.29. The first-order valence-corrected chi connectivity index (χ1v) is 6.26. The molecule has 0 heterocycles. The molecule has 0 aliphatic carbocycles. The van der Waals surface area contributed by atoms with E-state index in [1.807, 2.05) is 0 Å². The summed E-state index contributed by atoms with van der Waals surface area (Å²) in [4.78, 5) is 22.5. The number of carbonyl (C=O) groups excluding carboxylic acids is 1. The Morgan fingerprint density at radius 1 is 1.41 bits per heavy atom. The molecule has 92 valence electrons. The molecule has 1 rings (SSSR count). The topological polar surface area (TPSA) is 74.6 Å². The molecule has 1 unspecified atom stereocenters. The molecule has 0 bridgehead atoms. The number of ketones is 1. The first-order chi connectivity index (χ1) is 8.01. The number of alkyl halides is 1. The number of carboxylic acid groups (broad SMARTS) is 1. The van der Waals surface area contributed by atoms with Crippen LogP contribution in [-0.4, -0.2) is 22.0 Å². The van der Waals surface area contributed by atoms with Crippen LogP contribution in [0, 0.1) is 0 Å². The Kier molecular flexibility index (Phi) is 4.84. The maximum atomic E-state index is 11.7. The number of hydrogen-bond acceptors (Lipinski definition) is 3. The van der Waals surface area contributed by atoms with E-state index in [-0.39, 0.29) is 23.3 Å². The standard InChI is InChI=1S/C12H13BrO4/c1-2-10(14)9-5-7(6-13)3-4-8(9)11(15)12(16)17/h3-5,11,15H,2,6H2,1H3,(H,16,17). The minimum absolute atomic E-state index is 0.147. The van der Waals surface area contributed by atoms with Crippen molar-refractivity contribution < 1.29 is 19.8 Å². The summed E-state index contributed by atoms with van der Waals surface area (Å²) in [7, 11) is 0. The van der Waals surface area contributed by atoms with E-state index in [4.69, 9.17) is 5.11 Å². The Labute approximate surface area is 107 Å². The lowest BCUT2D eigenvalue weighted by molar-refractivity contribution is -0.146. The summed E-state index contributed by atoms with van der Waals surface area (Å²) < 4.78 is 0. The van der Waals surface area contributed by atoms with Crippen LogP contribution in [0.3, 0.4) is 0 Å². The van der Waals surface area contributed by atoms with Gasteiger partial charge in [-0.2, -0.15) is 0 Å². The summed E-state index contributed by atoms with van der Waals surface area (Å²) in [6.07, 6.45) is -1.39. The van der Waals surface area contributed by atoms with E-state index in [1.165, 1.54) is 6.07 Å². The Hall–Kier alpha value is -1.20. The Morgan fingerprint density at radius 3 is 2.53 bits per heavy atom. The van der Waals surface area contributed by atoms with Gasteiger partial charge in [0.05, 0.1) is 0 Å². The lowest BCUT2D eigenvalue weighted by Gasteiger charge is -2.12. The molecule has 5 heteroatoms. The average Bonchev–Trinajstić information content (AvgIpc) is 2.35. The number of halogens is 1. The van der Waals surface area contributed by atoms with Crippen molar-refractivity contribution >= 4 is 27.7 Å². The second-order valence-electron chi connectivity index (χ2n) is 3.57. The zero-order valence-electron chi connectivity index (χ0n) is 9.31. The van der Waals surface area contributed by atoms with Crippen molar-refractivity contribution in [3.05, 3.63) is 34.9 Å². The smallest absolute Gasteiger partial charge is 0.337 e. The van der Waals surface area contributed by atoms with E-state index in [1.54, 1.807) is 19.1 Å². The van der Waals surface area contributed by atoms with Crippen LogP contribution < -0.4 is 0 Å². The van der Waals surface area contributed by atoms with Gasteiger partial charge in [-0.1, -0.05) is 35.0 Å². The van der Waals surface area contributed by atoms with Gasteiger partial charge in [-0.15, -0.1) is 0 Å². The van der Waals surface area contributed by atoms with Crippen molar-refractivity contribution in [3.8, 4) is 0 Å². The van der Waals surface area contributed by atoms with Gasteiger partial charge in [-0.25, -0.2) is 4.79 Å². The van der Waals surface area contributed by atoms with Crippen molar-refractivity contribution in [1.82, 2.24) is 0 Å². The SMILES string of the molecule is CCC(=O)c1cc(CBr)ccc1C(O)C(=O)O. The molecule has 1 aromatic carbocycles. The van der Waals surface area contributed by atoms with Gasteiger partial charge in [-0.05, 0) is 11.6 Å². The summed E-state index contributed by atoms with van der Waals surface area (Å²) in [5.74, 6) is -1.54. The van der Waals surface area contributed by atoms with Gasteiger partial charge < -0.3 is 10.2 Å². The van der Waals surface area contributed by atoms with Crippen LogP contribution in [0.25, 0.3) is 0 Å². The van der Waals surface area contributed by atoms with Crippen LogP contribution in [0.15, 0.2) is 18.2 Å². The zero-order valence-corrected chi connectivity index (χ0v) is 10.9. The average molecular weight is 301 g/mol. The molecule has 0 fully saturated rings. The van der Waals surface area contributed by atoms with E-state index in [0.29, 0.717) is 5.33 Å². The third kappa shape index (κ3) is 3.14. The van der Waals surface area contributed by atoms with E-state index in [2.05, 4.69) is 15.9 Å². The molecule has 0 aliphatic heterocycles. The fourth-order valence-corrected chi connectivity index (χ4v) is 1.84. The summed E-state index contributed by atoms with van der Waals surface area (Å²) >= 11 is 3.26. The molecule has 0 aliphatic rings. The first kappa shape index (κ1) is 13.9. The van der Waals surface area contributed by atoms with Crippen LogP contribution >= 0.6 is 15.9 Å². The quantitative estimate of drug-likeness (QED) is 0.646. The maximum Gasteiger partial charge on any atom is 0.337 e. The zero-order chi connectivity index (χ0) is 13.0. The number of carboxylic acids is 1. The van der Waals surface area contributed by atoms with Crippen LogP contribution in [0.2, 0.25) is 0 Å². The fourth-order valence-electron chi connectivity index (χ4n) is 1.49. The number of rotatable bonds is 5. The van der Waals surface area contributed by atoms with Crippen molar-refractivity contribution in [2.45, 2.75) is 24.8 Å². The van der Waals surface area contributed by atoms with Gasteiger partial charge in [0.25, 0.3) is 0 Å². The number of aliphatic carboxylic acids is 1. The van der Waals surface area contributed by atoms with Crippen molar-refractivity contribution in [2.75, 3.05) is 0 Å². The third-order valence-corrected chi connectivity index (χ3v) is 3.07. The highest BCUT2D eigenvalue weighted by Gasteiger charge is 2.22. The Bertz CT molecular complexity index is 442. The number of carbonyl (C=O) groups is 2. The highest BCUT2D eigenvalue weighted by molar-refractivity contribution is 9.08. The second-order valence-corrected chi connectivity index (χ2v) is 4.13. The number of Topliss-reactive ketones (excluding diaryl/α,β-unsaturated/α-hetero) is 1.